The number of rotatable bonds is 7. The first-order valence-corrected chi connectivity index (χ1v) is 9.68. The summed E-state index contributed by atoms with van der Waals surface area (Å²) in [7, 11) is 0. The molecule has 1 aromatic heterocycles. The van der Waals surface area contributed by atoms with Crippen molar-refractivity contribution in [3.8, 4) is 28.6 Å². The van der Waals surface area contributed by atoms with Gasteiger partial charge in [0.2, 0.25) is 5.82 Å². The smallest absolute Gasteiger partial charge is 0.303 e. The van der Waals surface area contributed by atoms with Crippen LogP contribution >= 0.6 is 0 Å². The minimum Gasteiger partial charge on any atom is -0.491 e. The highest BCUT2D eigenvalue weighted by atomic mass is 16.5. The highest BCUT2D eigenvalue weighted by Gasteiger charge is 2.16. The summed E-state index contributed by atoms with van der Waals surface area (Å²) in [5, 5.41) is 13.1. The molecule has 1 heterocycles. The Morgan fingerprint density at radius 1 is 1.10 bits per heavy atom. The Morgan fingerprint density at radius 2 is 1.86 bits per heavy atom. The van der Waals surface area contributed by atoms with Crippen LogP contribution in [0.1, 0.15) is 49.8 Å². The molecule has 29 heavy (non-hydrogen) atoms. The van der Waals surface area contributed by atoms with E-state index in [1.807, 2.05) is 71.0 Å². The first kappa shape index (κ1) is 20.6. The fraction of sp³-hybridized carbons (Fsp3) is 0.348. The van der Waals surface area contributed by atoms with E-state index in [2.05, 4.69) is 10.1 Å². The standard InChI is InChI=1S/C23H26N2O4/c1-13(2)28-20-9-7-18(11-16(20)5)23-24-22(25-29-23)19-8-6-17(10-15(19)4)14(3)12-21(26)27/h6-11,13-14H,12H2,1-5H3,(H,26,27). The van der Waals surface area contributed by atoms with Gasteiger partial charge in [0, 0.05) is 11.1 Å². The van der Waals surface area contributed by atoms with Crippen LogP contribution in [-0.4, -0.2) is 27.3 Å². The van der Waals surface area contributed by atoms with Gasteiger partial charge in [0.1, 0.15) is 5.75 Å². The van der Waals surface area contributed by atoms with Crippen LogP contribution in [0.4, 0.5) is 0 Å². The number of carbonyl (C=O) groups is 1. The van der Waals surface area contributed by atoms with Gasteiger partial charge < -0.3 is 14.4 Å². The SMILES string of the molecule is Cc1cc(-c2nc(-c3ccc(C(C)CC(=O)O)cc3C)no2)ccc1OC(C)C. The number of carboxylic acids is 1. The van der Waals surface area contributed by atoms with Crippen molar-refractivity contribution in [1.29, 1.82) is 0 Å². The number of aliphatic carboxylic acids is 1. The lowest BCUT2D eigenvalue weighted by Crippen LogP contribution is -2.06. The second-order valence-corrected chi connectivity index (χ2v) is 7.64. The molecule has 0 saturated heterocycles. The first-order valence-electron chi connectivity index (χ1n) is 9.68. The monoisotopic (exact) mass is 394 g/mol. The van der Waals surface area contributed by atoms with Crippen molar-refractivity contribution >= 4 is 5.97 Å². The molecule has 6 heteroatoms. The van der Waals surface area contributed by atoms with E-state index < -0.39 is 5.97 Å². The largest absolute Gasteiger partial charge is 0.491 e. The molecule has 6 nitrogen and oxygen atoms in total. The van der Waals surface area contributed by atoms with E-state index in [1.165, 1.54) is 0 Å². The van der Waals surface area contributed by atoms with Gasteiger partial charge in [0.05, 0.1) is 12.5 Å². The van der Waals surface area contributed by atoms with E-state index >= 15 is 0 Å². The number of ether oxygens (including phenoxy) is 1. The molecule has 0 aliphatic heterocycles. The molecule has 0 saturated carbocycles. The van der Waals surface area contributed by atoms with Crippen molar-refractivity contribution < 1.29 is 19.2 Å². The minimum absolute atomic E-state index is 0.0596. The molecule has 0 aliphatic rings. The third kappa shape index (κ3) is 4.83. The Kier molecular flexibility index (Phi) is 6.01. The molecule has 1 unspecified atom stereocenters. The highest BCUT2D eigenvalue weighted by molar-refractivity contribution is 5.68. The van der Waals surface area contributed by atoms with Crippen LogP contribution in [0.5, 0.6) is 5.75 Å². The molecular formula is C23H26N2O4. The molecule has 3 aromatic rings. The number of aromatic nitrogens is 2. The summed E-state index contributed by atoms with van der Waals surface area (Å²) in [5.41, 5.74) is 4.66. The van der Waals surface area contributed by atoms with Gasteiger partial charge in [-0.15, -0.1) is 0 Å². The zero-order valence-corrected chi connectivity index (χ0v) is 17.4. The third-order valence-electron chi connectivity index (χ3n) is 4.75. The molecule has 0 radical (unpaired) electrons. The van der Waals surface area contributed by atoms with Crippen molar-refractivity contribution in [2.45, 2.75) is 53.1 Å². The fourth-order valence-electron chi connectivity index (χ4n) is 3.24. The molecule has 0 bridgehead atoms. The summed E-state index contributed by atoms with van der Waals surface area (Å²) >= 11 is 0. The van der Waals surface area contributed by atoms with Gasteiger partial charge in [-0.2, -0.15) is 4.98 Å². The quantitative estimate of drug-likeness (QED) is 0.578. The van der Waals surface area contributed by atoms with E-state index in [0.717, 1.165) is 33.6 Å². The molecule has 0 spiro atoms. The molecule has 0 amide bonds. The summed E-state index contributed by atoms with van der Waals surface area (Å²) in [5.74, 6) is 0.931. The Labute approximate surface area is 170 Å². The van der Waals surface area contributed by atoms with Crippen LogP contribution < -0.4 is 4.74 Å². The molecule has 0 fully saturated rings. The molecule has 1 N–H and O–H groups in total. The lowest BCUT2D eigenvalue weighted by Gasteiger charge is -2.12. The second kappa shape index (κ2) is 8.47. The number of aryl methyl sites for hydroxylation is 2. The Hall–Kier alpha value is -3.15. The maximum atomic E-state index is 11.0. The normalized spacial score (nSPS) is 12.2. The van der Waals surface area contributed by atoms with Crippen LogP contribution in [0.3, 0.4) is 0 Å². The topological polar surface area (TPSA) is 85.5 Å². The predicted molar refractivity (Wildman–Crippen MR) is 111 cm³/mol. The number of carboxylic acid groups (broad SMARTS) is 1. The van der Waals surface area contributed by atoms with Crippen LogP contribution in [0.25, 0.3) is 22.8 Å². The van der Waals surface area contributed by atoms with E-state index in [-0.39, 0.29) is 18.4 Å². The van der Waals surface area contributed by atoms with Crippen LogP contribution in [0, 0.1) is 13.8 Å². The Morgan fingerprint density at radius 3 is 2.48 bits per heavy atom. The van der Waals surface area contributed by atoms with Gasteiger partial charge in [-0.25, -0.2) is 0 Å². The lowest BCUT2D eigenvalue weighted by atomic mass is 9.94. The van der Waals surface area contributed by atoms with Crippen LogP contribution in [0.2, 0.25) is 0 Å². The second-order valence-electron chi connectivity index (χ2n) is 7.64. The van der Waals surface area contributed by atoms with Gasteiger partial charge in [-0.3, -0.25) is 4.79 Å². The molecule has 2 aromatic carbocycles. The number of hydrogen-bond acceptors (Lipinski definition) is 5. The zero-order valence-electron chi connectivity index (χ0n) is 17.4. The van der Waals surface area contributed by atoms with E-state index in [1.54, 1.807) is 0 Å². The van der Waals surface area contributed by atoms with Gasteiger partial charge >= 0.3 is 5.97 Å². The average molecular weight is 394 g/mol. The average Bonchev–Trinajstić information content (AvgIpc) is 3.12. The zero-order chi connectivity index (χ0) is 21.1. The highest BCUT2D eigenvalue weighted by Crippen LogP contribution is 2.30. The minimum atomic E-state index is -0.804. The van der Waals surface area contributed by atoms with Crippen molar-refractivity contribution in [1.82, 2.24) is 10.1 Å². The van der Waals surface area contributed by atoms with Crippen LogP contribution in [-0.2, 0) is 4.79 Å². The van der Waals surface area contributed by atoms with Crippen molar-refractivity contribution in [2.75, 3.05) is 0 Å². The lowest BCUT2D eigenvalue weighted by molar-refractivity contribution is -0.137. The third-order valence-corrected chi connectivity index (χ3v) is 4.75. The van der Waals surface area contributed by atoms with Gasteiger partial charge in [0.15, 0.2) is 0 Å². The van der Waals surface area contributed by atoms with Gasteiger partial charge in [-0.1, -0.05) is 30.3 Å². The van der Waals surface area contributed by atoms with E-state index in [4.69, 9.17) is 14.4 Å². The first-order chi connectivity index (χ1) is 13.7. The van der Waals surface area contributed by atoms with Crippen molar-refractivity contribution in [3.05, 3.63) is 53.1 Å². The number of hydrogen-bond donors (Lipinski definition) is 1. The Balaban J connectivity index is 1.85. The molecule has 0 aliphatic carbocycles. The number of benzene rings is 2. The van der Waals surface area contributed by atoms with Crippen molar-refractivity contribution in [2.24, 2.45) is 0 Å². The molecule has 152 valence electrons. The van der Waals surface area contributed by atoms with E-state index in [0.29, 0.717) is 11.7 Å². The molecular weight excluding hydrogens is 368 g/mol. The summed E-state index contributed by atoms with van der Waals surface area (Å²) in [4.78, 5) is 15.5. The summed E-state index contributed by atoms with van der Waals surface area (Å²) in [6.07, 6.45) is 0.208. The predicted octanol–water partition coefficient (Wildman–Crippen LogP) is 5.39. The summed E-state index contributed by atoms with van der Waals surface area (Å²) < 4.78 is 11.3. The molecule has 3 rings (SSSR count). The van der Waals surface area contributed by atoms with Crippen LogP contribution in [0.15, 0.2) is 40.9 Å². The molecule has 1 atom stereocenters. The summed E-state index contributed by atoms with van der Waals surface area (Å²) in [6, 6.07) is 11.6. The number of nitrogens with zero attached hydrogens (tertiary/aromatic N) is 2. The van der Waals surface area contributed by atoms with E-state index in [9.17, 15) is 4.79 Å². The maximum Gasteiger partial charge on any atom is 0.303 e. The fourth-order valence-corrected chi connectivity index (χ4v) is 3.24. The van der Waals surface area contributed by atoms with Gasteiger partial charge in [0.25, 0.3) is 5.89 Å². The summed E-state index contributed by atoms with van der Waals surface area (Å²) in [6.45, 7) is 9.84. The van der Waals surface area contributed by atoms with Crippen molar-refractivity contribution in [3.63, 3.8) is 0 Å². The maximum absolute atomic E-state index is 11.0. The Bertz CT molecular complexity index is 1020. The van der Waals surface area contributed by atoms with Gasteiger partial charge in [-0.05, 0) is 68.5 Å².